The lowest BCUT2D eigenvalue weighted by Crippen LogP contribution is -2.32. The first-order valence-electron chi connectivity index (χ1n) is 9.34. The number of hydrogen-bond acceptors (Lipinski definition) is 3. The van der Waals surface area contributed by atoms with Crippen LogP contribution in [0.1, 0.15) is 29.0 Å². The average Bonchev–Trinajstić information content (AvgIpc) is 3.33. The lowest BCUT2D eigenvalue weighted by Gasteiger charge is -2.28. The first-order chi connectivity index (χ1) is 14.4. The van der Waals surface area contributed by atoms with Crippen LogP contribution >= 0.6 is 12.2 Å². The molecule has 9 heteroatoms. The van der Waals surface area contributed by atoms with Crippen LogP contribution in [0, 0.1) is 0 Å². The lowest BCUT2D eigenvalue weighted by atomic mass is 10.0. The molecule has 0 radical (unpaired) electrons. The Labute approximate surface area is 176 Å². The number of aliphatic hydroxyl groups excluding tert-OH is 1. The predicted molar refractivity (Wildman–Crippen MR) is 110 cm³/mol. The van der Waals surface area contributed by atoms with E-state index in [9.17, 15) is 18.3 Å². The number of halogens is 3. The van der Waals surface area contributed by atoms with Crippen molar-refractivity contribution >= 4 is 17.3 Å². The van der Waals surface area contributed by atoms with Crippen LogP contribution < -0.4 is 5.32 Å². The van der Waals surface area contributed by atoms with Crippen LogP contribution in [0.25, 0.3) is 5.69 Å². The maximum absolute atomic E-state index is 13.2. The monoisotopic (exact) mass is 432 g/mol. The van der Waals surface area contributed by atoms with E-state index < -0.39 is 11.7 Å². The van der Waals surface area contributed by atoms with E-state index in [1.165, 1.54) is 6.07 Å². The van der Waals surface area contributed by atoms with Crippen LogP contribution in [0.4, 0.5) is 13.2 Å². The van der Waals surface area contributed by atoms with Crippen LogP contribution in [0.3, 0.4) is 0 Å². The number of nitrogens with zero attached hydrogens (tertiary/aromatic N) is 3. The van der Waals surface area contributed by atoms with E-state index in [0.29, 0.717) is 10.8 Å². The van der Waals surface area contributed by atoms with Gasteiger partial charge in [-0.2, -0.15) is 13.2 Å². The van der Waals surface area contributed by atoms with Crippen LogP contribution in [-0.4, -0.2) is 37.8 Å². The van der Waals surface area contributed by atoms with E-state index in [1.807, 2.05) is 29.2 Å². The number of benzene rings is 1. The van der Waals surface area contributed by atoms with Gasteiger partial charge in [0.2, 0.25) is 0 Å². The van der Waals surface area contributed by atoms with E-state index in [1.54, 1.807) is 29.1 Å². The van der Waals surface area contributed by atoms with Crippen molar-refractivity contribution in [1.82, 2.24) is 19.8 Å². The Kier molecular flexibility index (Phi) is 5.48. The standard InChI is InChI=1S/C21H19F3N4OS/c22-21(23,24)14-5-3-6-15(13-14)27-10-4-8-17(27)19-18(16-7-1-2-9-25-16)26-20(30)28(19)11-12-29/h1-10,13,18-19,29H,11-12H2,(H,26,30)/t18-,19-/m0/s1. The van der Waals surface area contributed by atoms with Gasteiger partial charge in [0.25, 0.3) is 0 Å². The quantitative estimate of drug-likeness (QED) is 0.600. The van der Waals surface area contributed by atoms with Crippen LogP contribution in [0.5, 0.6) is 0 Å². The molecule has 2 atom stereocenters. The summed E-state index contributed by atoms with van der Waals surface area (Å²) in [5, 5.41) is 13.3. The van der Waals surface area contributed by atoms with E-state index in [4.69, 9.17) is 12.2 Å². The van der Waals surface area contributed by atoms with Gasteiger partial charge in [-0.15, -0.1) is 0 Å². The molecule has 3 aromatic rings. The Morgan fingerprint density at radius 3 is 2.63 bits per heavy atom. The van der Waals surface area contributed by atoms with Crippen molar-refractivity contribution in [2.75, 3.05) is 13.2 Å². The molecule has 1 aliphatic heterocycles. The first-order valence-corrected chi connectivity index (χ1v) is 9.75. The highest BCUT2D eigenvalue weighted by atomic mass is 32.1. The molecule has 1 saturated heterocycles. The molecule has 3 heterocycles. The predicted octanol–water partition coefficient (Wildman–Crippen LogP) is 3.86. The summed E-state index contributed by atoms with van der Waals surface area (Å²) in [5.74, 6) is 0. The number of alkyl halides is 3. The third-order valence-corrected chi connectivity index (χ3v) is 5.43. The van der Waals surface area contributed by atoms with Gasteiger partial charge in [0.15, 0.2) is 5.11 Å². The molecule has 0 spiro atoms. The molecule has 2 aromatic heterocycles. The number of β-amino-alcohol motifs (C(OH)–C–C–N with tert-alkyl or cyclic N) is 1. The van der Waals surface area contributed by atoms with Crippen molar-refractivity contribution in [3.8, 4) is 5.69 Å². The smallest absolute Gasteiger partial charge is 0.395 e. The summed E-state index contributed by atoms with van der Waals surface area (Å²) in [6.45, 7) is 0.172. The molecule has 0 unspecified atom stereocenters. The second-order valence-electron chi connectivity index (χ2n) is 6.89. The Hall–Kier alpha value is -2.91. The third kappa shape index (κ3) is 3.78. The zero-order valence-corrected chi connectivity index (χ0v) is 16.6. The minimum Gasteiger partial charge on any atom is -0.395 e. The van der Waals surface area contributed by atoms with E-state index in [0.717, 1.165) is 23.5 Å². The first kappa shape index (κ1) is 20.4. The number of hydrogen-bond donors (Lipinski definition) is 2. The van der Waals surface area contributed by atoms with E-state index in [2.05, 4.69) is 10.3 Å². The Balaban J connectivity index is 1.80. The number of aliphatic hydroxyl groups is 1. The number of rotatable bonds is 5. The normalized spacial score (nSPS) is 19.2. The van der Waals surface area contributed by atoms with Gasteiger partial charge in [0, 0.05) is 30.3 Å². The van der Waals surface area contributed by atoms with E-state index in [-0.39, 0.29) is 25.2 Å². The maximum atomic E-state index is 13.2. The van der Waals surface area contributed by atoms with Crippen LogP contribution in [-0.2, 0) is 6.18 Å². The van der Waals surface area contributed by atoms with E-state index >= 15 is 0 Å². The van der Waals surface area contributed by atoms with Crippen molar-refractivity contribution < 1.29 is 18.3 Å². The molecule has 1 aliphatic rings. The van der Waals surface area contributed by atoms with Crippen molar-refractivity contribution in [1.29, 1.82) is 0 Å². The van der Waals surface area contributed by atoms with Gasteiger partial charge in [-0.3, -0.25) is 4.98 Å². The number of nitrogens with one attached hydrogen (secondary N) is 1. The van der Waals surface area contributed by atoms with Gasteiger partial charge < -0.3 is 19.9 Å². The molecule has 0 amide bonds. The Morgan fingerprint density at radius 1 is 1.10 bits per heavy atom. The fraction of sp³-hybridized carbons (Fsp3) is 0.238. The minimum absolute atomic E-state index is 0.114. The highest BCUT2D eigenvalue weighted by Gasteiger charge is 2.41. The summed E-state index contributed by atoms with van der Waals surface area (Å²) < 4.78 is 41.4. The number of thiocarbonyl (C=S) groups is 1. The molecular formula is C21H19F3N4OS. The van der Waals surface area contributed by atoms with Gasteiger partial charge in [0.1, 0.15) is 0 Å². The van der Waals surface area contributed by atoms with Crippen LogP contribution in [0.15, 0.2) is 67.0 Å². The summed E-state index contributed by atoms with van der Waals surface area (Å²) in [4.78, 5) is 6.27. The second kappa shape index (κ2) is 8.08. The van der Waals surface area contributed by atoms with Gasteiger partial charge >= 0.3 is 6.18 Å². The fourth-order valence-corrected chi connectivity index (χ4v) is 4.11. The van der Waals surface area contributed by atoms with Gasteiger partial charge in [-0.1, -0.05) is 12.1 Å². The molecule has 30 heavy (non-hydrogen) atoms. The topological polar surface area (TPSA) is 53.3 Å². The van der Waals surface area contributed by atoms with Crippen molar-refractivity contribution in [2.45, 2.75) is 18.3 Å². The molecule has 5 nitrogen and oxygen atoms in total. The second-order valence-corrected chi connectivity index (χ2v) is 7.28. The largest absolute Gasteiger partial charge is 0.416 e. The molecule has 0 saturated carbocycles. The summed E-state index contributed by atoms with van der Waals surface area (Å²) >= 11 is 5.48. The highest BCUT2D eigenvalue weighted by molar-refractivity contribution is 7.80. The zero-order chi connectivity index (χ0) is 21.3. The van der Waals surface area contributed by atoms with Gasteiger partial charge in [0.05, 0.1) is 29.9 Å². The zero-order valence-electron chi connectivity index (χ0n) is 15.8. The lowest BCUT2D eigenvalue weighted by molar-refractivity contribution is -0.137. The van der Waals surface area contributed by atoms with Gasteiger partial charge in [-0.25, -0.2) is 0 Å². The molecule has 0 bridgehead atoms. The summed E-state index contributed by atoms with van der Waals surface area (Å²) in [5.41, 5.74) is 1.17. The Morgan fingerprint density at radius 2 is 1.93 bits per heavy atom. The SMILES string of the molecule is OCCN1C(=S)N[C@@H](c2ccccn2)[C@@H]1c1cccn1-c1cccc(C(F)(F)F)c1. The molecule has 2 N–H and O–H groups in total. The summed E-state index contributed by atoms with van der Waals surface area (Å²) in [7, 11) is 0. The molecule has 1 aromatic carbocycles. The minimum atomic E-state index is -4.43. The summed E-state index contributed by atoms with van der Waals surface area (Å²) in [6.07, 6.45) is -1.03. The molecular weight excluding hydrogens is 413 g/mol. The maximum Gasteiger partial charge on any atom is 0.416 e. The number of aromatic nitrogens is 2. The summed E-state index contributed by atoms with van der Waals surface area (Å²) in [6, 6.07) is 13.7. The Bertz CT molecular complexity index is 1040. The number of pyridine rings is 1. The van der Waals surface area contributed by atoms with Crippen molar-refractivity contribution in [3.05, 3.63) is 83.9 Å². The average molecular weight is 432 g/mol. The van der Waals surface area contributed by atoms with Crippen molar-refractivity contribution in [3.63, 3.8) is 0 Å². The molecule has 4 rings (SSSR count). The molecule has 156 valence electrons. The van der Waals surface area contributed by atoms with Crippen molar-refractivity contribution in [2.24, 2.45) is 0 Å². The van der Waals surface area contributed by atoms with Crippen LogP contribution in [0.2, 0.25) is 0 Å². The van der Waals surface area contributed by atoms with Gasteiger partial charge in [-0.05, 0) is 54.7 Å². The fourth-order valence-electron chi connectivity index (χ4n) is 3.78. The molecule has 0 aliphatic carbocycles. The third-order valence-electron chi connectivity index (χ3n) is 5.07. The molecule has 1 fully saturated rings. The highest BCUT2D eigenvalue weighted by Crippen LogP contribution is 2.39.